The number of rotatable bonds is 1. The van der Waals surface area contributed by atoms with Crippen LogP contribution >= 0.6 is 0 Å². The zero-order valence-electron chi connectivity index (χ0n) is 7.50. The molecule has 2 heteroatoms. The molecule has 0 saturated carbocycles. The molecule has 0 spiro atoms. The Morgan fingerprint density at radius 2 is 2.45 bits per heavy atom. The quantitative estimate of drug-likeness (QED) is 0.651. The molecule has 58 valence electrons. The van der Waals surface area contributed by atoms with Gasteiger partial charge in [0.1, 0.15) is 7.16 Å². The van der Waals surface area contributed by atoms with Gasteiger partial charge in [-0.05, 0) is 11.6 Å². The summed E-state index contributed by atoms with van der Waals surface area (Å²) in [5.74, 6) is 0.905. The average Bonchev–Trinajstić information content (AvgIpc) is 2.44. The van der Waals surface area contributed by atoms with Gasteiger partial charge in [0.15, 0.2) is 0 Å². The lowest BCUT2D eigenvalue weighted by molar-refractivity contribution is 0.410. The van der Waals surface area contributed by atoms with Crippen molar-refractivity contribution in [2.75, 3.05) is 7.11 Å². The molecule has 0 saturated heterocycles. The molecule has 0 aliphatic carbocycles. The van der Waals surface area contributed by atoms with Gasteiger partial charge in [0.05, 0.1) is 7.11 Å². The first-order valence-corrected chi connectivity index (χ1v) is 3.70. The third-order valence-electron chi connectivity index (χ3n) is 2.00. The van der Waals surface area contributed by atoms with Crippen LogP contribution in [0.3, 0.4) is 0 Å². The first kappa shape index (κ1) is 5.61. The minimum Gasteiger partial charge on any atom is -0.496 e. The van der Waals surface area contributed by atoms with E-state index in [9.17, 15) is 0 Å². The SMILES string of the molecule is [2H]N1Cc2cccc(OC)c2C1. The molecule has 0 bridgehead atoms. The predicted molar refractivity (Wildman–Crippen MR) is 43.5 cm³/mol. The summed E-state index contributed by atoms with van der Waals surface area (Å²) < 4.78 is 12.7. The van der Waals surface area contributed by atoms with Gasteiger partial charge >= 0.3 is 0 Å². The number of fused-ring (bicyclic) bond motifs is 1. The minimum atomic E-state index is 0.680. The summed E-state index contributed by atoms with van der Waals surface area (Å²) in [5, 5.41) is 1.53. The molecule has 1 N–H and O–H groups in total. The van der Waals surface area contributed by atoms with Crippen LogP contribution in [-0.4, -0.2) is 7.11 Å². The smallest absolute Gasteiger partial charge is 0.123 e. The summed E-state index contributed by atoms with van der Waals surface area (Å²) in [4.78, 5) is 0. The van der Waals surface area contributed by atoms with Gasteiger partial charge in [-0.2, -0.15) is 0 Å². The Hall–Kier alpha value is -1.02. The highest BCUT2D eigenvalue weighted by Gasteiger charge is 2.13. The van der Waals surface area contributed by atoms with E-state index in [1.165, 1.54) is 10.9 Å². The van der Waals surface area contributed by atoms with E-state index >= 15 is 0 Å². The fraction of sp³-hybridized carbons (Fsp3) is 0.333. The second kappa shape index (κ2) is 2.55. The van der Waals surface area contributed by atoms with Gasteiger partial charge in [-0.25, -0.2) is 0 Å². The number of hydrogen-bond acceptors (Lipinski definition) is 2. The lowest BCUT2D eigenvalue weighted by Crippen LogP contribution is -2.00. The topological polar surface area (TPSA) is 21.3 Å². The van der Waals surface area contributed by atoms with Crippen molar-refractivity contribution in [3.05, 3.63) is 29.3 Å². The maximum Gasteiger partial charge on any atom is 0.123 e. The molecule has 1 aromatic carbocycles. The molecular weight excluding hydrogens is 138 g/mol. The molecule has 1 aliphatic heterocycles. The first-order valence-electron chi connectivity index (χ1n) is 4.14. The molecule has 0 radical (unpaired) electrons. The van der Waals surface area contributed by atoms with Crippen molar-refractivity contribution in [2.24, 2.45) is 0 Å². The van der Waals surface area contributed by atoms with Crippen LogP contribution in [-0.2, 0) is 13.1 Å². The van der Waals surface area contributed by atoms with Gasteiger partial charge < -0.3 is 10.0 Å². The highest BCUT2D eigenvalue weighted by atomic mass is 16.5. The zero-order chi connectivity index (χ0) is 8.55. The van der Waals surface area contributed by atoms with Gasteiger partial charge in [-0.1, -0.05) is 12.1 Å². The van der Waals surface area contributed by atoms with Crippen LogP contribution in [0.1, 0.15) is 11.1 Å². The van der Waals surface area contributed by atoms with Gasteiger partial charge in [0.25, 0.3) is 0 Å². The summed E-state index contributed by atoms with van der Waals surface area (Å²) in [6.07, 6.45) is 0. The van der Waals surface area contributed by atoms with E-state index in [0.29, 0.717) is 13.1 Å². The maximum absolute atomic E-state index is 7.47. The number of benzene rings is 1. The van der Waals surface area contributed by atoms with Gasteiger partial charge in [-0.3, -0.25) is 0 Å². The van der Waals surface area contributed by atoms with Crippen molar-refractivity contribution in [1.82, 2.24) is 5.31 Å². The van der Waals surface area contributed by atoms with E-state index in [1.54, 1.807) is 7.11 Å². The van der Waals surface area contributed by atoms with E-state index in [1.807, 2.05) is 18.2 Å². The molecule has 0 aromatic heterocycles. The molecule has 1 aliphatic rings. The standard InChI is InChI=1S/C9H11NO/c1-11-9-4-2-3-7-5-10-6-8(7)9/h2-4,10H,5-6H2,1H3/i/hD. The fourth-order valence-electron chi connectivity index (χ4n) is 1.42. The van der Waals surface area contributed by atoms with Crippen LogP contribution in [0, 0.1) is 0 Å². The van der Waals surface area contributed by atoms with E-state index in [4.69, 9.17) is 6.15 Å². The summed E-state index contributed by atoms with van der Waals surface area (Å²) >= 11 is 0. The van der Waals surface area contributed by atoms with E-state index < -0.39 is 0 Å². The monoisotopic (exact) mass is 150 g/mol. The van der Waals surface area contributed by atoms with Crippen molar-refractivity contribution in [3.8, 4) is 5.75 Å². The van der Waals surface area contributed by atoms with Crippen LogP contribution in [0.2, 0.25) is 1.41 Å². The predicted octanol–water partition coefficient (Wildman–Crippen LogP) is 1.30. The van der Waals surface area contributed by atoms with E-state index in [-0.39, 0.29) is 0 Å². The largest absolute Gasteiger partial charge is 0.496 e. The van der Waals surface area contributed by atoms with Gasteiger partial charge in [-0.15, -0.1) is 0 Å². The molecule has 0 unspecified atom stereocenters. The molecule has 11 heavy (non-hydrogen) atoms. The molecule has 0 amide bonds. The summed E-state index contributed by atoms with van der Waals surface area (Å²) in [6.45, 7) is 1.39. The van der Waals surface area contributed by atoms with Crippen LogP contribution in [0.5, 0.6) is 5.75 Å². The highest BCUT2D eigenvalue weighted by Crippen LogP contribution is 2.25. The Balaban J connectivity index is 2.44. The average molecular weight is 150 g/mol. The van der Waals surface area contributed by atoms with Gasteiger partial charge in [0.2, 0.25) is 0 Å². The van der Waals surface area contributed by atoms with Crippen LogP contribution in [0.4, 0.5) is 0 Å². The second-order valence-corrected chi connectivity index (χ2v) is 2.64. The summed E-state index contributed by atoms with van der Waals surface area (Å²) in [7, 11) is 1.67. The van der Waals surface area contributed by atoms with Crippen LogP contribution < -0.4 is 10.0 Å². The van der Waals surface area contributed by atoms with E-state index in [2.05, 4.69) is 0 Å². The van der Waals surface area contributed by atoms with Crippen LogP contribution in [0.15, 0.2) is 18.2 Å². The molecule has 2 nitrogen and oxygen atoms in total. The second-order valence-electron chi connectivity index (χ2n) is 2.64. The van der Waals surface area contributed by atoms with Crippen LogP contribution in [0.25, 0.3) is 0 Å². The van der Waals surface area contributed by atoms with Crippen molar-refractivity contribution in [2.45, 2.75) is 13.1 Å². The lowest BCUT2D eigenvalue weighted by Gasteiger charge is -2.04. The Bertz CT molecular complexity index is 301. The van der Waals surface area contributed by atoms with Crippen molar-refractivity contribution < 1.29 is 6.15 Å². The summed E-state index contributed by atoms with van der Waals surface area (Å²) in [5.41, 5.74) is 2.37. The summed E-state index contributed by atoms with van der Waals surface area (Å²) in [6, 6.07) is 5.96. The van der Waals surface area contributed by atoms with Crippen molar-refractivity contribution in [3.63, 3.8) is 0 Å². The first-order chi connectivity index (χ1) is 5.81. The highest BCUT2D eigenvalue weighted by molar-refractivity contribution is 5.42. The van der Waals surface area contributed by atoms with E-state index in [0.717, 1.165) is 11.3 Å². The Morgan fingerprint density at radius 1 is 1.55 bits per heavy atom. The minimum absolute atomic E-state index is 0.680. The Kier molecular flexibility index (Phi) is 1.30. The van der Waals surface area contributed by atoms with Crippen molar-refractivity contribution in [1.29, 1.82) is 0 Å². The number of methoxy groups -OCH3 is 1. The van der Waals surface area contributed by atoms with Gasteiger partial charge in [0, 0.05) is 18.7 Å². The molecular formula is C9H11NO. The number of nitrogens with one attached hydrogen (secondary N) is 1. The Labute approximate surface area is 67.6 Å². The third kappa shape index (κ3) is 0.994. The molecule has 1 aromatic rings. The zero-order valence-corrected chi connectivity index (χ0v) is 6.50. The molecule has 0 atom stereocenters. The number of ether oxygens (including phenoxy) is 1. The molecule has 2 rings (SSSR count). The van der Waals surface area contributed by atoms with Crippen molar-refractivity contribution >= 4 is 0 Å². The maximum atomic E-state index is 7.47. The Morgan fingerprint density at radius 3 is 3.27 bits per heavy atom. The number of hydrogen-bond donors (Lipinski definition) is 1. The molecule has 0 fully saturated rings. The fourth-order valence-corrected chi connectivity index (χ4v) is 1.42. The lowest BCUT2D eigenvalue weighted by atomic mass is 10.1. The molecule has 1 heterocycles. The normalized spacial score (nSPS) is 17.7. The third-order valence-corrected chi connectivity index (χ3v) is 2.00.